The summed E-state index contributed by atoms with van der Waals surface area (Å²) in [6.45, 7) is 0. The smallest absolute Gasteiger partial charge is 0.339 e. The number of thioether (sulfide) groups is 1. The molecule has 0 aromatic carbocycles. The van der Waals surface area contributed by atoms with Crippen LogP contribution in [0.25, 0.3) is 0 Å². The number of pyridine rings is 1. The van der Waals surface area contributed by atoms with Crippen molar-refractivity contribution in [2.24, 2.45) is 0 Å². The topological polar surface area (TPSA) is 62.2 Å². The molecule has 1 fully saturated rings. The highest BCUT2D eigenvalue weighted by atomic mass is 32.2. The van der Waals surface area contributed by atoms with Crippen molar-refractivity contribution in [1.82, 2.24) is 4.98 Å². The fourth-order valence-electron chi connectivity index (χ4n) is 2.35. The van der Waals surface area contributed by atoms with Crippen LogP contribution in [0.5, 0.6) is 0 Å². The van der Waals surface area contributed by atoms with Crippen LogP contribution >= 0.6 is 11.8 Å². The second-order valence-corrected chi connectivity index (χ2v) is 5.85. The predicted octanol–water partition coefficient (Wildman–Crippen LogP) is 3.01. The van der Waals surface area contributed by atoms with Gasteiger partial charge in [-0.2, -0.15) is 11.8 Å². The number of carboxylic acid groups (broad SMARTS) is 1. The molecule has 1 aromatic heterocycles. The summed E-state index contributed by atoms with van der Waals surface area (Å²) in [5.41, 5.74) is -0.105. The monoisotopic (exact) mass is 284 g/mol. The lowest BCUT2D eigenvalue weighted by Gasteiger charge is -2.28. The molecule has 104 valence electrons. The quantitative estimate of drug-likeness (QED) is 0.890. The Morgan fingerprint density at radius 2 is 2.16 bits per heavy atom. The summed E-state index contributed by atoms with van der Waals surface area (Å²) in [6.07, 6.45) is 7.36. The van der Waals surface area contributed by atoms with Crippen LogP contribution in [0, 0.1) is 5.82 Å². The number of nitrogens with one attached hydrogen (secondary N) is 1. The fraction of sp³-hybridized carbons (Fsp3) is 0.538. The van der Waals surface area contributed by atoms with Gasteiger partial charge in [0.15, 0.2) is 0 Å². The van der Waals surface area contributed by atoms with Gasteiger partial charge in [-0.3, -0.25) is 0 Å². The Balaban J connectivity index is 2.05. The summed E-state index contributed by atoms with van der Waals surface area (Å²) in [5, 5.41) is 12.9. The molecule has 1 aliphatic carbocycles. The molecule has 19 heavy (non-hydrogen) atoms. The van der Waals surface area contributed by atoms with Crippen molar-refractivity contribution in [3.05, 3.63) is 23.6 Å². The Labute approximate surface area is 115 Å². The van der Waals surface area contributed by atoms with E-state index in [4.69, 9.17) is 5.11 Å². The Bertz CT molecular complexity index is 462. The molecule has 0 aliphatic heterocycles. The van der Waals surface area contributed by atoms with Crippen molar-refractivity contribution in [2.75, 3.05) is 11.6 Å². The van der Waals surface area contributed by atoms with Gasteiger partial charge in [0.05, 0.1) is 6.20 Å². The fourth-order valence-corrected chi connectivity index (χ4v) is 3.10. The number of nitrogens with zero attached hydrogens (tertiary/aromatic N) is 1. The summed E-state index contributed by atoms with van der Waals surface area (Å²) in [5.74, 6) is -1.53. The van der Waals surface area contributed by atoms with Crippen LogP contribution in [0.1, 0.15) is 36.0 Å². The van der Waals surface area contributed by atoms with E-state index in [1.165, 1.54) is 0 Å². The average molecular weight is 284 g/mol. The van der Waals surface area contributed by atoms with E-state index in [9.17, 15) is 9.18 Å². The standard InChI is InChI=1S/C13H17FN2O2S/c1-19-10-4-2-9(3-5-10)16-12-11(13(17)18)6-8(14)7-15-12/h6-7,9-10H,2-5H2,1H3,(H,15,16)(H,17,18). The number of carbonyl (C=O) groups is 1. The van der Waals surface area contributed by atoms with Crippen LogP contribution in [0.3, 0.4) is 0 Å². The van der Waals surface area contributed by atoms with Gasteiger partial charge >= 0.3 is 5.97 Å². The normalized spacial score (nSPS) is 23.1. The summed E-state index contributed by atoms with van der Waals surface area (Å²) in [4.78, 5) is 14.9. The zero-order chi connectivity index (χ0) is 13.8. The minimum Gasteiger partial charge on any atom is -0.478 e. The van der Waals surface area contributed by atoms with E-state index >= 15 is 0 Å². The Morgan fingerprint density at radius 1 is 1.47 bits per heavy atom. The first kappa shape index (κ1) is 14.1. The van der Waals surface area contributed by atoms with Crippen molar-refractivity contribution in [3.8, 4) is 0 Å². The van der Waals surface area contributed by atoms with Crippen LogP contribution in [0.2, 0.25) is 0 Å². The van der Waals surface area contributed by atoms with E-state index in [0.717, 1.165) is 37.9 Å². The van der Waals surface area contributed by atoms with Crippen molar-refractivity contribution >= 4 is 23.5 Å². The molecular weight excluding hydrogens is 267 g/mol. The molecule has 0 radical (unpaired) electrons. The lowest BCUT2D eigenvalue weighted by atomic mass is 9.95. The molecule has 0 bridgehead atoms. The molecule has 0 atom stereocenters. The van der Waals surface area contributed by atoms with Gasteiger partial charge in [-0.05, 0) is 38.0 Å². The molecule has 4 nitrogen and oxygen atoms in total. The first-order valence-corrected chi connectivity index (χ1v) is 7.57. The molecule has 0 saturated heterocycles. The molecule has 0 spiro atoms. The molecule has 2 N–H and O–H groups in total. The van der Waals surface area contributed by atoms with E-state index < -0.39 is 11.8 Å². The van der Waals surface area contributed by atoms with Gasteiger partial charge in [0.25, 0.3) is 0 Å². The van der Waals surface area contributed by atoms with Crippen LogP contribution < -0.4 is 5.32 Å². The van der Waals surface area contributed by atoms with Gasteiger partial charge < -0.3 is 10.4 Å². The lowest BCUT2D eigenvalue weighted by molar-refractivity contribution is 0.0697. The summed E-state index contributed by atoms with van der Waals surface area (Å²) >= 11 is 1.88. The summed E-state index contributed by atoms with van der Waals surface area (Å²) in [6, 6.07) is 1.23. The second-order valence-electron chi connectivity index (χ2n) is 4.71. The number of hydrogen-bond acceptors (Lipinski definition) is 4. The lowest BCUT2D eigenvalue weighted by Crippen LogP contribution is -2.28. The predicted molar refractivity (Wildman–Crippen MR) is 74.3 cm³/mol. The second kappa shape index (κ2) is 6.23. The third kappa shape index (κ3) is 3.59. The van der Waals surface area contributed by atoms with Gasteiger partial charge in [0.2, 0.25) is 0 Å². The molecule has 1 aliphatic rings. The number of hydrogen-bond donors (Lipinski definition) is 2. The number of rotatable bonds is 4. The van der Waals surface area contributed by atoms with Gasteiger partial charge in [-0.1, -0.05) is 0 Å². The summed E-state index contributed by atoms with van der Waals surface area (Å²) < 4.78 is 13.0. The maximum absolute atomic E-state index is 13.0. The number of anilines is 1. The molecule has 1 saturated carbocycles. The van der Waals surface area contributed by atoms with Gasteiger partial charge in [-0.25, -0.2) is 14.2 Å². The van der Waals surface area contributed by atoms with E-state index in [1.807, 2.05) is 11.8 Å². The SMILES string of the molecule is CSC1CCC(Nc2ncc(F)cc2C(=O)O)CC1. The van der Waals surface area contributed by atoms with Crippen molar-refractivity contribution in [2.45, 2.75) is 37.0 Å². The molecular formula is C13H17FN2O2S. The average Bonchev–Trinajstić information content (AvgIpc) is 2.41. The van der Waals surface area contributed by atoms with Gasteiger partial charge in [-0.15, -0.1) is 0 Å². The van der Waals surface area contributed by atoms with Gasteiger partial charge in [0.1, 0.15) is 17.2 Å². The van der Waals surface area contributed by atoms with Gasteiger partial charge in [0, 0.05) is 11.3 Å². The third-order valence-electron chi connectivity index (χ3n) is 3.43. The van der Waals surface area contributed by atoms with Crippen LogP contribution in [-0.2, 0) is 0 Å². The molecule has 1 heterocycles. The van der Waals surface area contributed by atoms with E-state index in [1.54, 1.807) is 0 Å². The summed E-state index contributed by atoms with van der Waals surface area (Å²) in [7, 11) is 0. The van der Waals surface area contributed by atoms with E-state index in [-0.39, 0.29) is 17.4 Å². The minimum absolute atomic E-state index is 0.105. The van der Waals surface area contributed by atoms with Crippen molar-refractivity contribution < 1.29 is 14.3 Å². The maximum atomic E-state index is 13.0. The first-order valence-electron chi connectivity index (χ1n) is 6.28. The number of aromatic carboxylic acids is 1. The maximum Gasteiger partial charge on any atom is 0.339 e. The highest BCUT2D eigenvalue weighted by Crippen LogP contribution is 2.29. The number of aromatic nitrogens is 1. The number of halogens is 1. The Morgan fingerprint density at radius 3 is 2.74 bits per heavy atom. The molecule has 2 rings (SSSR count). The van der Waals surface area contributed by atoms with Crippen LogP contribution in [0.15, 0.2) is 12.3 Å². The van der Waals surface area contributed by atoms with E-state index in [2.05, 4.69) is 16.6 Å². The van der Waals surface area contributed by atoms with Crippen molar-refractivity contribution in [3.63, 3.8) is 0 Å². The molecule has 0 amide bonds. The highest BCUT2D eigenvalue weighted by Gasteiger charge is 2.22. The van der Waals surface area contributed by atoms with E-state index in [0.29, 0.717) is 5.25 Å². The third-order valence-corrected chi connectivity index (χ3v) is 4.57. The molecule has 0 unspecified atom stereocenters. The van der Waals surface area contributed by atoms with Crippen molar-refractivity contribution in [1.29, 1.82) is 0 Å². The zero-order valence-corrected chi connectivity index (χ0v) is 11.5. The minimum atomic E-state index is -1.16. The largest absolute Gasteiger partial charge is 0.478 e. The Kier molecular flexibility index (Phi) is 4.63. The first-order chi connectivity index (χ1) is 9.10. The van der Waals surface area contributed by atoms with Crippen LogP contribution in [-0.4, -0.2) is 33.6 Å². The molecule has 1 aromatic rings. The number of carboxylic acids is 1. The van der Waals surface area contributed by atoms with Crippen LogP contribution in [0.4, 0.5) is 10.2 Å². The highest BCUT2D eigenvalue weighted by molar-refractivity contribution is 7.99. The molecule has 6 heteroatoms. The Hall–Kier alpha value is -1.30. The zero-order valence-electron chi connectivity index (χ0n) is 10.7.